The molecule has 2 aromatic rings. The lowest BCUT2D eigenvalue weighted by Crippen LogP contribution is -2.24. The van der Waals surface area contributed by atoms with Gasteiger partial charge < -0.3 is 10.1 Å². The Balaban J connectivity index is 2.25. The van der Waals surface area contributed by atoms with Gasteiger partial charge in [-0.2, -0.15) is 8.75 Å². The van der Waals surface area contributed by atoms with Crippen molar-refractivity contribution in [3.63, 3.8) is 0 Å². The average Bonchev–Trinajstić information content (AvgIpc) is 2.91. The van der Waals surface area contributed by atoms with E-state index in [4.69, 9.17) is 0 Å². The molecular weight excluding hydrogens is 303 g/mol. The van der Waals surface area contributed by atoms with Crippen LogP contribution in [0.15, 0.2) is 30.5 Å². The zero-order chi connectivity index (χ0) is 15.3. The van der Waals surface area contributed by atoms with Crippen LogP contribution in [0.2, 0.25) is 0 Å². The SMILES string of the molecule is CCCNC(c1cccc(OC(F)(F)F)c1)c1cnsn1. The standard InChI is InChI=1S/C13H14F3N3OS/c1-2-6-17-12(11-8-18-21-19-11)9-4-3-5-10(7-9)20-13(14,15)16/h3-5,7-8,12,17H,2,6H2,1H3. The van der Waals surface area contributed by atoms with Gasteiger partial charge in [-0.15, -0.1) is 13.2 Å². The summed E-state index contributed by atoms with van der Waals surface area (Å²) in [5.41, 5.74) is 1.33. The van der Waals surface area contributed by atoms with Crippen molar-refractivity contribution in [2.45, 2.75) is 25.7 Å². The van der Waals surface area contributed by atoms with Crippen molar-refractivity contribution in [2.24, 2.45) is 0 Å². The van der Waals surface area contributed by atoms with Gasteiger partial charge in [0.15, 0.2) is 0 Å². The van der Waals surface area contributed by atoms with E-state index in [-0.39, 0.29) is 11.8 Å². The third-order valence-corrected chi connectivity index (χ3v) is 3.19. The fourth-order valence-electron chi connectivity index (χ4n) is 1.87. The summed E-state index contributed by atoms with van der Waals surface area (Å²) in [6.45, 7) is 2.72. The maximum Gasteiger partial charge on any atom is 0.573 e. The lowest BCUT2D eigenvalue weighted by Gasteiger charge is -2.18. The number of rotatable bonds is 6. The Hall–Kier alpha value is -1.67. The first-order chi connectivity index (χ1) is 9.99. The van der Waals surface area contributed by atoms with Crippen LogP contribution in [0.3, 0.4) is 0 Å². The fraction of sp³-hybridized carbons (Fsp3) is 0.385. The first kappa shape index (κ1) is 15.7. The molecule has 8 heteroatoms. The molecule has 2 rings (SSSR count). The number of alkyl halides is 3. The summed E-state index contributed by atoms with van der Waals surface area (Å²) in [4.78, 5) is 0. The first-order valence-corrected chi connectivity index (χ1v) is 7.09. The highest BCUT2D eigenvalue weighted by Gasteiger charge is 2.31. The maximum atomic E-state index is 12.3. The average molecular weight is 317 g/mol. The van der Waals surface area contributed by atoms with Crippen LogP contribution in [-0.2, 0) is 0 Å². The Kier molecular flexibility index (Phi) is 5.13. The first-order valence-electron chi connectivity index (χ1n) is 6.36. The van der Waals surface area contributed by atoms with Crippen LogP contribution in [0.1, 0.15) is 30.6 Å². The van der Waals surface area contributed by atoms with Crippen molar-refractivity contribution in [1.82, 2.24) is 14.1 Å². The van der Waals surface area contributed by atoms with Crippen LogP contribution < -0.4 is 10.1 Å². The Labute approximate surface area is 124 Å². The molecule has 21 heavy (non-hydrogen) atoms. The summed E-state index contributed by atoms with van der Waals surface area (Å²) in [6, 6.07) is 5.58. The number of nitrogens with one attached hydrogen (secondary N) is 1. The van der Waals surface area contributed by atoms with Gasteiger partial charge in [0.1, 0.15) is 5.75 Å². The molecule has 1 aromatic carbocycles. The monoisotopic (exact) mass is 317 g/mol. The Bertz CT molecular complexity index is 560. The third kappa shape index (κ3) is 4.68. The molecule has 1 aromatic heterocycles. The predicted molar refractivity (Wildman–Crippen MR) is 73.2 cm³/mol. The van der Waals surface area contributed by atoms with Gasteiger partial charge in [-0.25, -0.2) is 0 Å². The summed E-state index contributed by atoms with van der Waals surface area (Å²) in [6.07, 6.45) is -2.20. The van der Waals surface area contributed by atoms with Crippen LogP contribution in [0, 0.1) is 0 Å². The minimum atomic E-state index is -4.70. The quantitative estimate of drug-likeness (QED) is 0.885. The Morgan fingerprint density at radius 2 is 2.19 bits per heavy atom. The molecule has 0 aliphatic heterocycles. The van der Waals surface area contributed by atoms with Crippen molar-refractivity contribution in [3.8, 4) is 5.75 Å². The van der Waals surface area contributed by atoms with Crippen LogP contribution >= 0.6 is 11.7 Å². The summed E-state index contributed by atoms with van der Waals surface area (Å²) >= 11 is 1.06. The molecule has 0 aliphatic rings. The normalized spacial score (nSPS) is 13.1. The summed E-state index contributed by atoms with van der Waals surface area (Å²) < 4.78 is 48.9. The molecular formula is C13H14F3N3OS. The highest BCUT2D eigenvalue weighted by atomic mass is 32.1. The van der Waals surface area contributed by atoms with Gasteiger partial charge >= 0.3 is 6.36 Å². The zero-order valence-electron chi connectivity index (χ0n) is 11.2. The second-order valence-corrected chi connectivity index (χ2v) is 4.90. The summed E-state index contributed by atoms with van der Waals surface area (Å²) in [5.74, 6) is -0.244. The van der Waals surface area contributed by atoms with Crippen LogP contribution in [0.5, 0.6) is 5.75 Å². The Morgan fingerprint density at radius 1 is 1.38 bits per heavy atom. The van der Waals surface area contributed by atoms with Crippen LogP contribution in [0.25, 0.3) is 0 Å². The molecule has 0 saturated heterocycles. The van der Waals surface area contributed by atoms with Gasteiger partial charge in [0.05, 0.1) is 29.7 Å². The second-order valence-electron chi connectivity index (χ2n) is 4.34. The van der Waals surface area contributed by atoms with E-state index in [2.05, 4.69) is 18.8 Å². The van der Waals surface area contributed by atoms with Crippen LogP contribution in [-0.4, -0.2) is 21.7 Å². The van der Waals surface area contributed by atoms with E-state index in [1.165, 1.54) is 18.2 Å². The van der Waals surface area contributed by atoms with Gasteiger partial charge in [-0.05, 0) is 30.7 Å². The molecule has 114 valence electrons. The van der Waals surface area contributed by atoms with Gasteiger partial charge in [0, 0.05) is 0 Å². The van der Waals surface area contributed by atoms with Crippen molar-refractivity contribution < 1.29 is 17.9 Å². The third-order valence-electron chi connectivity index (χ3n) is 2.70. The topological polar surface area (TPSA) is 47.0 Å². The van der Waals surface area contributed by atoms with Crippen LogP contribution in [0.4, 0.5) is 13.2 Å². The predicted octanol–water partition coefficient (Wildman–Crippen LogP) is 3.53. The number of aromatic nitrogens is 2. The van der Waals surface area contributed by atoms with E-state index in [0.717, 1.165) is 18.1 Å². The largest absolute Gasteiger partial charge is 0.573 e. The van der Waals surface area contributed by atoms with E-state index in [1.54, 1.807) is 12.3 Å². The molecule has 4 nitrogen and oxygen atoms in total. The van der Waals surface area contributed by atoms with Gasteiger partial charge in [0.25, 0.3) is 0 Å². The van der Waals surface area contributed by atoms with Crippen molar-refractivity contribution in [1.29, 1.82) is 0 Å². The van der Waals surface area contributed by atoms with E-state index in [1.807, 2.05) is 6.92 Å². The number of halogens is 3. The van der Waals surface area contributed by atoms with Gasteiger partial charge in [-0.3, -0.25) is 0 Å². The maximum absolute atomic E-state index is 12.3. The molecule has 0 saturated carbocycles. The number of hydrogen-bond donors (Lipinski definition) is 1. The van der Waals surface area contributed by atoms with E-state index >= 15 is 0 Å². The van der Waals surface area contributed by atoms with Crippen molar-refractivity contribution in [2.75, 3.05) is 6.54 Å². The lowest BCUT2D eigenvalue weighted by molar-refractivity contribution is -0.274. The molecule has 1 unspecified atom stereocenters. The minimum Gasteiger partial charge on any atom is -0.406 e. The molecule has 1 atom stereocenters. The molecule has 1 heterocycles. The fourth-order valence-corrected chi connectivity index (χ4v) is 2.32. The molecule has 0 bridgehead atoms. The minimum absolute atomic E-state index is 0.244. The lowest BCUT2D eigenvalue weighted by atomic mass is 10.0. The molecule has 0 amide bonds. The second kappa shape index (κ2) is 6.86. The zero-order valence-corrected chi connectivity index (χ0v) is 12.0. The molecule has 0 spiro atoms. The highest BCUT2D eigenvalue weighted by Crippen LogP contribution is 2.27. The number of hydrogen-bond acceptors (Lipinski definition) is 5. The van der Waals surface area contributed by atoms with E-state index in [9.17, 15) is 13.2 Å². The Morgan fingerprint density at radius 3 is 2.81 bits per heavy atom. The highest BCUT2D eigenvalue weighted by molar-refractivity contribution is 6.99. The van der Waals surface area contributed by atoms with Gasteiger partial charge in [-0.1, -0.05) is 19.1 Å². The molecule has 0 fully saturated rings. The molecule has 1 N–H and O–H groups in total. The van der Waals surface area contributed by atoms with Crippen molar-refractivity contribution in [3.05, 3.63) is 41.7 Å². The van der Waals surface area contributed by atoms with Gasteiger partial charge in [0.2, 0.25) is 0 Å². The summed E-state index contributed by atoms with van der Waals surface area (Å²) in [7, 11) is 0. The summed E-state index contributed by atoms with van der Waals surface area (Å²) in [5, 5.41) is 3.25. The number of benzene rings is 1. The molecule has 0 radical (unpaired) electrons. The van der Waals surface area contributed by atoms with Crippen molar-refractivity contribution >= 4 is 11.7 Å². The van der Waals surface area contributed by atoms with E-state index in [0.29, 0.717) is 17.8 Å². The number of ether oxygens (including phenoxy) is 1. The smallest absolute Gasteiger partial charge is 0.406 e. The van der Waals surface area contributed by atoms with E-state index < -0.39 is 6.36 Å². The number of nitrogens with zero attached hydrogens (tertiary/aromatic N) is 2. The molecule has 0 aliphatic carbocycles.